The fourth-order valence-corrected chi connectivity index (χ4v) is 3.47. The second-order valence-corrected chi connectivity index (χ2v) is 7.31. The minimum absolute atomic E-state index is 0.312. The lowest BCUT2D eigenvalue weighted by Crippen LogP contribution is -2.48. The van der Waals surface area contributed by atoms with Crippen LogP contribution < -0.4 is 4.74 Å². The summed E-state index contributed by atoms with van der Waals surface area (Å²) in [6, 6.07) is 18.3. The Bertz CT molecular complexity index is 645. The van der Waals surface area contributed by atoms with Gasteiger partial charge >= 0.3 is 0 Å². The van der Waals surface area contributed by atoms with Gasteiger partial charge in [0.25, 0.3) is 0 Å². The summed E-state index contributed by atoms with van der Waals surface area (Å²) in [5.41, 5.74) is 1.36. The normalized spacial score (nSPS) is 17.4. The van der Waals surface area contributed by atoms with Crippen LogP contribution in [-0.2, 0) is 6.54 Å². The molecule has 0 bridgehead atoms. The Morgan fingerprint density at radius 1 is 0.920 bits per heavy atom. The molecule has 1 saturated heterocycles. The zero-order valence-electron chi connectivity index (χ0n) is 14.4. The molecular formula is C20H25BrN2O2. The minimum atomic E-state index is -0.479. The first kappa shape index (κ1) is 18.4. The van der Waals surface area contributed by atoms with Crippen molar-refractivity contribution in [2.45, 2.75) is 12.6 Å². The molecule has 1 aliphatic rings. The third-order valence-electron chi connectivity index (χ3n) is 4.45. The smallest absolute Gasteiger partial charge is 0.133 e. The number of nitrogens with zero attached hydrogens (tertiary/aromatic N) is 2. The van der Waals surface area contributed by atoms with Crippen molar-refractivity contribution in [1.29, 1.82) is 0 Å². The number of ether oxygens (including phenoxy) is 1. The molecule has 0 amide bonds. The number of rotatable bonds is 7. The van der Waals surface area contributed by atoms with E-state index in [4.69, 9.17) is 4.74 Å². The molecule has 0 spiro atoms. The molecule has 1 aliphatic heterocycles. The van der Waals surface area contributed by atoms with Gasteiger partial charge in [0.05, 0.1) is 4.47 Å². The van der Waals surface area contributed by atoms with Crippen molar-refractivity contribution in [2.75, 3.05) is 39.3 Å². The lowest BCUT2D eigenvalue weighted by Gasteiger charge is -2.35. The first-order chi connectivity index (χ1) is 12.2. The minimum Gasteiger partial charge on any atom is -0.490 e. The van der Waals surface area contributed by atoms with E-state index in [0.717, 1.165) is 42.9 Å². The van der Waals surface area contributed by atoms with Gasteiger partial charge < -0.3 is 9.84 Å². The van der Waals surface area contributed by atoms with Gasteiger partial charge in [0, 0.05) is 39.3 Å². The topological polar surface area (TPSA) is 35.9 Å². The summed E-state index contributed by atoms with van der Waals surface area (Å²) in [6.07, 6.45) is -0.479. The van der Waals surface area contributed by atoms with E-state index in [1.807, 2.05) is 24.3 Å². The number of aliphatic hydroxyl groups is 1. The van der Waals surface area contributed by atoms with E-state index in [2.05, 4.69) is 56.1 Å². The summed E-state index contributed by atoms with van der Waals surface area (Å²) < 4.78 is 6.62. The Morgan fingerprint density at radius 2 is 1.56 bits per heavy atom. The number of β-amino-alcohol motifs (C(OH)–C–C–N with tert-alkyl or cyclic N) is 1. The predicted octanol–water partition coefficient (Wildman–Crippen LogP) is 3.01. The number of piperazine rings is 1. The number of hydrogen-bond donors (Lipinski definition) is 1. The Hall–Kier alpha value is -1.40. The second-order valence-electron chi connectivity index (χ2n) is 6.46. The van der Waals surface area contributed by atoms with E-state index in [0.29, 0.717) is 13.2 Å². The monoisotopic (exact) mass is 404 g/mol. The molecule has 0 radical (unpaired) electrons. The van der Waals surface area contributed by atoms with Crippen LogP contribution in [0.4, 0.5) is 0 Å². The largest absolute Gasteiger partial charge is 0.490 e. The molecular weight excluding hydrogens is 380 g/mol. The molecule has 4 nitrogen and oxygen atoms in total. The summed E-state index contributed by atoms with van der Waals surface area (Å²) in [7, 11) is 0. The second kappa shape index (κ2) is 9.34. The van der Waals surface area contributed by atoms with Crippen LogP contribution in [0.3, 0.4) is 0 Å². The van der Waals surface area contributed by atoms with Gasteiger partial charge in [-0.3, -0.25) is 9.80 Å². The van der Waals surface area contributed by atoms with Gasteiger partial charge in [-0.1, -0.05) is 42.5 Å². The molecule has 1 atom stereocenters. The fraction of sp³-hybridized carbons (Fsp3) is 0.400. The van der Waals surface area contributed by atoms with Gasteiger partial charge in [-0.15, -0.1) is 0 Å². The van der Waals surface area contributed by atoms with Crippen molar-refractivity contribution < 1.29 is 9.84 Å². The predicted molar refractivity (Wildman–Crippen MR) is 104 cm³/mol. The molecule has 1 fully saturated rings. The molecule has 2 aromatic carbocycles. The lowest BCUT2D eigenvalue weighted by atomic mass is 10.2. The summed E-state index contributed by atoms with van der Waals surface area (Å²) >= 11 is 3.46. The summed E-state index contributed by atoms with van der Waals surface area (Å²) in [4.78, 5) is 4.78. The van der Waals surface area contributed by atoms with Crippen molar-refractivity contribution >= 4 is 15.9 Å². The maximum absolute atomic E-state index is 10.3. The van der Waals surface area contributed by atoms with Gasteiger partial charge in [0.1, 0.15) is 18.5 Å². The van der Waals surface area contributed by atoms with Crippen molar-refractivity contribution in [3.63, 3.8) is 0 Å². The van der Waals surface area contributed by atoms with Crippen LogP contribution in [0.5, 0.6) is 5.75 Å². The molecule has 5 heteroatoms. The highest BCUT2D eigenvalue weighted by Gasteiger charge is 2.19. The van der Waals surface area contributed by atoms with Gasteiger partial charge in [0.2, 0.25) is 0 Å². The van der Waals surface area contributed by atoms with Gasteiger partial charge in [-0.25, -0.2) is 0 Å². The van der Waals surface area contributed by atoms with Crippen molar-refractivity contribution in [3.8, 4) is 5.75 Å². The Kier molecular flexibility index (Phi) is 6.87. The average Bonchev–Trinajstić information content (AvgIpc) is 2.64. The van der Waals surface area contributed by atoms with Crippen LogP contribution in [-0.4, -0.2) is 60.3 Å². The standard InChI is InChI=1S/C20H25BrN2O2/c21-19-8-4-5-9-20(19)25-16-18(24)15-23-12-10-22(11-13-23)14-17-6-2-1-3-7-17/h1-9,18,24H,10-16H2. The summed E-state index contributed by atoms with van der Waals surface area (Å²) in [5.74, 6) is 0.772. The van der Waals surface area contributed by atoms with Gasteiger partial charge in [-0.2, -0.15) is 0 Å². The number of halogens is 1. The first-order valence-electron chi connectivity index (χ1n) is 8.75. The van der Waals surface area contributed by atoms with Crippen LogP contribution in [0.25, 0.3) is 0 Å². The molecule has 1 heterocycles. The Balaban J connectivity index is 1.37. The van der Waals surface area contributed by atoms with E-state index in [-0.39, 0.29) is 0 Å². The van der Waals surface area contributed by atoms with Crippen LogP contribution in [0, 0.1) is 0 Å². The maximum Gasteiger partial charge on any atom is 0.133 e. The van der Waals surface area contributed by atoms with E-state index < -0.39 is 6.10 Å². The molecule has 0 aromatic heterocycles. The summed E-state index contributed by atoms with van der Waals surface area (Å²) in [6.45, 7) is 6.01. The number of hydrogen-bond acceptors (Lipinski definition) is 4. The van der Waals surface area contributed by atoms with E-state index in [9.17, 15) is 5.11 Å². The van der Waals surface area contributed by atoms with Crippen molar-refractivity contribution in [1.82, 2.24) is 9.80 Å². The van der Waals surface area contributed by atoms with Gasteiger partial charge in [-0.05, 0) is 33.6 Å². The fourth-order valence-electron chi connectivity index (χ4n) is 3.07. The molecule has 0 aliphatic carbocycles. The van der Waals surface area contributed by atoms with Crippen molar-refractivity contribution in [2.24, 2.45) is 0 Å². The molecule has 3 rings (SSSR count). The highest BCUT2D eigenvalue weighted by atomic mass is 79.9. The van der Waals surface area contributed by atoms with E-state index in [1.54, 1.807) is 0 Å². The van der Waals surface area contributed by atoms with Crippen molar-refractivity contribution in [3.05, 3.63) is 64.6 Å². The zero-order valence-corrected chi connectivity index (χ0v) is 15.9. The summed E-state index contributed by atoms with van der Waals surface area (Å²) in [5, 5.41) is 10.3. The lowest BCUT2D eigenvalue weighted by molar-refractivity contribution is 0.0444. The molecule has 134 valence electrons. The quantitative estimate of drug-likeness (QED) is 0.769. The van der Waals surface area contributed by atoms with E-state index in [1.165, 1.54) is 5.56 Å². The number of benzene rings is 2. The van der Waals surface area contributed by atoms with Crippen LogP contribution in [0.2, 0.25) is 0 Å². The van der Waals surface area contributed by atoms with Crippen LogP contribution in [0.15, 0.2) is 59.1 Å². The first-order valence-corrected chi connectivity index (χ1v) is 9.54. The molecule has 1 unspecified atom stereocenters. The SMILES string of the molecule is OC(COc1ccccc1Br)CN1CCN(Cc2ccccc2)CC1. The highest BCUT2D eigenvalue weighted by molar-refractivity contribution is 9.10. The Morgan fingerprint density at radius 3 is 2.28 bits per heavy atom. The molecule has 2 aromatic rings. The zero-order chi connectivity index (χ0) is 17.5. The third-order valence-corrected chi connectivity index (χ3v) is 5.11. The maximum atomic E-state index is 10.3. The number of aliphatic hydroxyl groups excluding tert-OH is 1. The van der Waals surface area contributed by atoms with Gasteiger partial charge in [0.15, 0.2) is 0 Å². The molecule has 25 heavy (non-hydrogen) atoms. The number of para-hydroxylation sites is 1. The van der Waals surface area contributed by atoms with Crippen LogP contribution in [0.1, 0.15) is 5.56 Å². The van der Waals surface area contributed by atoms with E-state index >= 15 is 0 Å². The molecule has 0 saturated carbocycles. The Labute approximate surface area is 158 Å². The van der Waals surface area contributed by atoms with Crippen LogP contribution >= 0.6 is 15.9 Å². The molecule has 1 N–H and O–H groups in total. The average molecular weight is 405 g/mol. The third kappa shape index (κ3) is 5.82. The highest BCUT2D eigenvalue weighted by Crippen LogP contribution is 2.23.